The van der Waals surface area contributed by atoms with E-state index < -0.39 is 0 Å². The van der Waals surface area contributed by atoms with Gasteiger partial charge in [0.05, 0.1) is 10.7 Å². The van der Waals surface area contributed by atoms with Crippen LogP contribution >= 0.6 is 22.9 Å². The van der Waals surface area contributed by atoms with Crippen molar-refractivity contribution in [2.24, 2.45) is 0 Å². The first-order valence-corrected chi connectivity index (χ1v) is 9.78. The summed E-state index contributed by atoms with van der Waals surface area (Å²) in [5.74, 6) is -0.480. The topological polar surface area (TPSA) is 96.0 Å². The van der Waals surface area contributed by atoms with E-state index in [0.29, 0.717) is 16.7 Å². The Morgan fingerprint density at radius 1 is 1.11 bits per heavy atom. The van der Waals surface area contributed by atoms with Crippen LogP contribution in [0.4, 0.5) is 10.8 Å². The van der Waals surface area contributed by atoms with Gasteiger partial charge < -0.3 is 16.0 Å². The number of para-hydroxylation sites is 1. The number of carbonyl (C=O) groups excluding carboxylic acids is 2. The van der Waals surface area contributed by atoms with Crippen LogP contribution in [-0.2, 0) is 11.3 Å². The highest BCUT2D eigenvalue weighted by Crippen LogP contribution is 2.26. The molecule has 2 amide bonds. The fourth-order valence-corrected chi connectivity index (χ4v) is 3.17. The van der Waals surface area contributed by atoms with Crippen LogP contribution < -0.4 is 16.0 Å². The van der Waals surface area contributed by atoms with Crippen LogP contribution in [-0.4, -0.2) is 28.3 Å². The first-order valence-electron chi connectivity index (χ1n) is 8.52. The van der Waals surface area contributed by atoms with E-state index in [1.807, 2.05) is 30.3 Å². The summed E-state index contributed by atoms with van der Waals surface area (Å²) in [5.41, 5.74) is 1.92. The smallest absolute Gasteiger partial charge is 0.270 e. The average molecular weight is 416 g/mol. The largest absolute Gasteiger partial charge is 0.352 e. The molecule has 0 aliphatic carbocycles. The number of nitrogens with one attached hydrogen (secondary N) is 3. The van der Waals surface area contributed by atoms with Crippen molar-refractivity contribution < 1.29 is 9.59 Å². The summed E-state index contributed by atoms with van der Waals surface area (Å²) in [4.78, 5) is 32.3. The first-order chi connectivity index (χ1) is 13.6. The normalized spacial score (nSPS) is 10.3. The Balaban J connectivity index is 1.42. The van der Waals surface area contributed by atoms with Gasteiger partial charge in [-0.1, -0.05) is 29.8 Å². The number of amides is 2. The molecule has 0 radical (unpaired) electrons. The highest BCUT2D eigenvalue weighted by Gasteiger charge is 2.12. The van der Waals surface area contributed by atoms with E-state index in [9.17, 15) is 9.59 Å². The summed E-state index contributed by atoms with van der Waals surface area (Å²) in [7, 11) is 0. The number of pyridine rings is 1. The summed E-state index contributed by atoms with van der Waals surface area (Å²) in [5, 5.41) is 11.3. The average Bonchev–Trinajstić information content (AvgIpc) is 3.18. The molecule has 2 aromatic heterocycles. The molecule has 2 heterocycles. The number of thiazole rings is 1. The summed E-state index contributed by atoms with van der Waals surface area (Å²) < 4.78 is 0. The quantitative estimate of drug-likeness (QED) is 0.524. The lowest BCUT2D eigenvalue weighted by Crippen LogP contribution is -2.30. The Morgan fingerprint density at radius 2 is 1.96 bits per heavy atom. The van der Waals surface area contributed by atoms with E-state index in [-0.39, 0.29) is 30.5 Å². The van der Waals surface area contributed by atoms with Gasteiger partial charge in [0, 0.05) is 37.3 Å². The fraction of sp³-hybridized carbons (Fsp3) is 0.158. The number of aromatic nitrogens is 2. The van der Waals surface area contributed by atoms with Crippen LogP contribution in [0.25, 0.3) is 0 Å². The predicted molar refractivity (Wildman–Crippen MR) is 110 cm³/mol. The Hall–Kier alpha value is -2.97. The minimum Gasteiger partial charge on any atom is -0.352 e. The molecule has 0 aliphatic rings. The lowest BCUT2D eigenvalue weighted by molar-refractivity contribution is -0.121. The third-order valence-corrected chi connectivity index (χ3v) is 4.79. The minimum absolute atomic E-state index is 0.150. The van der Waals surface area contributed by atoms with Gasteiger partial charge in [0.15, 0.2) is 5.13 Å². The molecular weight excluding hydrogens is 398 g/mol. The maximum Gasteiger partial charge on any atom is 0.270 e. The van der Waals surface area contributed by atoms with Gasteiger partial charge in [0.1, 0.15) is 5.69 Å². The summed E-state index contributed by atoms with van der Waals surface area (Å²) in [6.07, 6.45) is 3.55. The van der Waals surface area contributed by atoms with Gasteiger partial charge in [-0.25, -0.2) is 4.98 Å². The van der Waals surface area contributed by atoms with Crippen LogP contribution in [0.5, 0.6) is 0 Å². The van der Waals surface area contributed by atoms with Crippen molar-refractivity contribution in [2.75, 3.05) is 11.9 Å². The van der Waals surface area contributed by atoms with E-state index in [1.165, 1.54) is 11.3 Å². The maximum atomic E-state index is 12.2. The third kappa shape index (κ3) is 5.77. The second-order valence-corrected chi connectivity index (χ2v) is 7.05. The van der Waals surface area contributed by atoms with Crippen LogP contribution in [0.3, 0.4) is 0 Å². The molecule has 3 aromatic rings. The second kappa shape index (κ2) is 9.82. The van der Waals surface area contributed by atoms with Gasteiger partial charge in [-0.2, -0.15) is 0 Å². The lowest BCUT2D eigenvalue weighted by atomic mass is 10.3. The molecule has 3 rings (SSSR count). The molecule has 0 spiro atoms. The Kier molecular flexibility index (Phi) is 6.94. The van der Waals surface area contributed by atoms with Crippen molar-refractivity contribution in [1.29, 1.82) is 0 Å². The van der Waals surface area contributed by atoms with Crippen molar-refractivity contribution >= 4 is 45.6 Å². The van der Waals surface area contributed by atoms with Gasteiger partial charge in [-0.15, -0.1) is 11.3 Å². The number of rotatable bonds is 8. The van der Waals surface area contributed by atoms with Crippen LogP contribution in [0.1, 0.15) is 22.5 Å². The standard InChI is InChI=1S/C19H18ClN5O2S/c20-14-5-1-2-6-15(14)24-19-25-16(12-28-19)18(27)22-9-7-17(26)23-11-13-4-3-8-21-10-13/h1-6,8,10,12H,7,9,11H2,(H,22,27)(H,23,26)(H,24,25). The molecule has 0 saturated heterocycles. The molecule has 7 nitrogen and oxygen atoms in total. The van der Waals surface area contributed by atoms with Gasteiger partial charge in [0.25, 0.3) is 5.91 Å². The molecule has 0 unspecified atom stereocenters. The molecule has 3 N–H and O–H groups in total. The van der Waals surface area contributed by atoms with Crippen molar-refractivity contribution in [3.05, 3.63) is 70.5 Å². The van der Waals surface area contributed by atoms with E-state index in [1.54, 1.807) is 23.8 Å². The zero-order chi connectivity index (χ0) is 19.8. The second-order valence-electron chi connectivity index (χ2n) is 5.79. The molecule has 0 aliphatic heterocycles. The first kappa shape index (κ1) is 19.8. The summed E-state index contributed by atoms with van der Waals surface area (Å²) >= 11 is 7.40. The van der Waals surface area contributed by atoms with E-state index in [2.05, 4.69) is 25.9 Å². The number of carbonyl (C=O) groups is 2. The number of benzene rings is 1. The number of hydrogen-bond donors (Lipinski definition) is 3. The molecule has 0 bridgehead atoms. The molecule has 0 saturated carbocycles. The minimum atomic E-state index is -0.330. The maximum absolute atomic E-state index is 12.2. The van der Waals surface area contributed by atoms with Crippen LogP contribution in [0.15, 0.2) is 54.2 Å². The Morgan fingerprint density at radius 3 is 2.75 bits per heavy atom. The molecule has 28 heavy (non-hydrogen) atoms. The van der Waals surface area contributed by atoms with Gasteiger partial charge in [-0.05, 0) is 23.8 Å². The fourth-order valence-electron chi connectivity index (χ4n) is 2.29. The van der Waals surface area contributed by atoms with Crippen LogP contribution in [0, 0.1) is 0 Å². The van der Waals surface area contributed by atoms with Gasteiger partial charge in [-0.3, -0.25) is 14.6 Å². The third-order valence-electron chi connectivity index (χ3n) is 3.70. The molecule has 144 valence electrons. The number of halogens is 1. The number of anilines is 2. The zero-order valence-electron chi connectivity index (χ0n) is 14.8. The van der Waals surface area contributed by atoms with E-state index in [4.69, 9.17) is 11.6 Å². The van der Waals surface area contributed by atoms with E-state index in [0.717, 1.165) is 11.3 Å². The highest BCUT2D eigenvalue weighted by molar-refractivity contribution is 7.14. The molecule has 9 heteroatoms. The summed E-state index contributed by atoms with van der Waals surface area (Å²) in [6.45, 7) is 0.631. The van der Waals surface area contributed by atoms with Crippen molar-refractivity contribution in [3.8, 4) is 0 Å². The van der Waals surface area contributed by atoms with Crippen molar-refractivity contribution in [2.45, 2.75) is 13.0 Å². The Bertz CT molecular complexity index is 948. The van der Waals surface area contributed by atoms with Crippen molar-refractivity contribution in [1.82, 2.24) is 20.6 Å². The molecule has 0 atom stereocenters. The van der Waals surface area contributed by atoms with Crippen LogP contribution in [0.2, 0.25) is 5.02 Å². The molecule has 1 aromatic carbocycles. The molecule has 0 fully saturated rings. The predicted octanol–water partition coefficient (Wildman–Crippen LogP) is 3.37. The van der Waals surface area contributed by atoms with Gasteiger partial charge >= 0.3 is 0 Å². The summed E-state index contributed by atoms with van der Waals surface area (Å²) in [6, 6.07) is 11.0. The lowest BCUT2D eigenvalue weighted by Gasteiger charge is -2.06. The highest BCUT2D eigenvalue weighted by atomic mass is 35.5. The Labute approximate surface area is 171 Å². The zero-order valence-corrected chi connectivity index (χ0v) is 16.4. The number of nitrogens with zero attached hydrogens (tertiary/aromatic N) is 2. The van der Waals surface area contributed by atoms with E-state index >= 15 is 0 Å². The number of hydrogen-bond acceptors (Lipinski definition) is 6. The molecular formula is C19H18ClN5O2S. The monoisotopic (exact) mass is 415 g/mol. The SMILES string of the molecule is O=C(CCNC(=O)c1csc(Nc2ccccc2Cl)n1)NCc1cccnc1. The van der Waals surface area contributed by atoms with Gasteiger partial charge in [0.2, 0.25) is 5.91 Å². The van der Waals surface area contributed by atoms with Crippen molar-refractivity contribution in [3.63, 3.8) is 0 Å².